The van der Waals surface area contributed by atoms with Crippen LogP contribution in [0, 0.1) is 13.8 Å². The van der Waals surface area contributed by atoms with E-state index in [1.54, 1.807) is 13.0 Å². The molecule has 0 radical (unpaired) electrons. The fourth-order valence-electron chi connectivity index (χ4n) is 7.77. The first-order valence-corrected chi connectivity index (χ1v) is 17.1. The number of benzene rings is 2. The second kappa shape index (κ2) is 14.0. The third-order valence-electron chi connectivity index (χ3n) is 10.4. The number of carbonyl (C=O) groups is 1. The largest absolute Gasteiger partial charge is 0.496 e. The lowest BCUT2D eigenvalue weighted by Crippen LogP contribution is -2.44. The SMILES string of the molecule is CCN(c1cc(-c2ccc3c(c2)C2(C=C3)CCN(CC(F)(F)F)CC2)cc(C(=O)NCc2c(OC)cc(C)[nH]c2=O)c1C)C1CCOCC1. The van der Waals surface area contributed by atoms with E-state index in [2.05, 4.69) is 58.5 Å². The van der Waals surface area contributed by atoms with Gasteiger partial charge in [-0.25, -0.2) is 0 Å². The summed E-state index contributed by atoms with van der Waals surface area (Å²) in [7, 11) is 1.50. The average molecular weight is 679 g/mol. The summed E-state index contributed by atoms with van der Waals surface area (Å²) in [6.07, 6.45) is 3.02. The van der Waals surface area contributed by atoms with Crippen LogP contribution in [0.4, 0.5) is 18.9 Å². The standard InChI is InChI=1S/C38H45F3N4O4/c1-5-45(29-9-16-49-17-10-29)33-21-28(19-30(25(33)3)35(46)42-22-31-34(48-4)18-24(2)43-36(31)47)27-7-6-26-8-11-37(32(26)20-27)12-14-44(15-13-37)23-38(39,40)41/h6-8,11,18-21,29H,5,9-10,12-17,22-23H2,1-4H3,(H,42,46)(H,43,47). The molecule has 2 aliphatic heterocycles. The van der Waals surface area contributed by atoms with Crippen molar-refractivity contribution in [1.82, 2.24) is 15.2 Å². The smallest absolute Gasteiger partial charge is 0.401 e. The van der Waals surface area contributed by atoms with Crippen LogP contribution >= 0.6 is 0 Å². The molecule has 3 aromatic rings. The molecule has 3 aliphatic rings. The van der Waals surface area contributed by atoms with Gasteiger partial charge in [0.05, 0.1) is 25.8 Å². The Bertz CT molecular complexity index is 1790. The number of carbonyl (C=O) groups excluding carboxylic acids is 1. The molecule has 2 fully saturated rings. The summed E-state index contributed by atoms with van der Waals surface area (Å²) in [6, 6.07) is 12.3. The Hall–Kier alpha value is -4.09. The highest BCUT2D eigenvalue weighted by Gasteiger charge is 2.41. The quantitative estimate of drug-likeness (QED) is 0.268. The molecule has 11 heteroatoms. The van der Waals surface area contributed by atoms with E-state index in [0.29, 0.717) is 61.7 Å². The first kappa shape index (κ1) is 34.8. The normalized spacial score (nSPS) is 17.7. The van der Waals surface area contributed by atoms with Crippen LogP contribution in [0.3, 0.4) is 0 Å². The molecule has 2 N–H and O–H groups in total. The minimum Gasteiger partial charge on any atom is -0.496 e. The summed E-state index contributed by atoms with van der Waals surface area (Å²) in [4.78, 5) is 33.4. The van der Waals surface area contributed by atoms with Gasteiger partial charge in [0, 0.05) is 48.2 Å². The van der Waals surface area contributed by atoms with Crippen LogP contribution in [0.1, 0.15) is 70.9 Å². The minimum absolute atomic E-state index is 0.00747. The molecule has 49 heavy (non-hydrogen) atoms. The van der Waals surface area contributed by atoms with E-state index in [-0.39, 0.29) is 29.5 Å². The maximum atomic E-state index is 14.0. The fourth-order valence-corrected chi connectivity index (χ4v) is 7.77. The number of halogens is 3. The van der Waals surface area contributed by atoms with E-state index in [4.69, 9.17) is 9.47 Å². The first-order valence-electron chi connectivity index (χ1n) is 17.1. The van der Waals surface area contributed by atoms with E-state index >= 15 is 0 Å². The maximum Gasteiger partial charge on any atom is 0.401 e. The van der Waals surface area contributed by atoms with Crippen LogP contribution in [0.15, 0.2) is 47.3 Å². The number of aromatic nitrogens is 1. The van der Waals surface area contributed by atoms with Gasteiger partial charge in [-0.05, 0) is 112 Å². The zero-order valence-corrected chi connectivity index (χ0v) is 28.6. The van der Waals surface area contributed by atoms with Crippen molar-refractivity contribution in [2.24, 2.45) is 0 Å². The number of nitrogens with zero attached hydrogens (tertiary/aromatic N) is 2. The molecule has 1 spiro atoms. The molecule has 2 aromatic carbocycles. The van der Waals surface area contributed by atoms with Crippen LogP contribution in [0.5, 0.6) is 5.75 Å². The Morgan fingerprint density at radius 2 is 1.84 bits per heavy atom. The number of pyridine rings is 1. The maximum absolute atomic E-state index is 14.0. The summed E-state index contributed by atoms with van der Waals surface area (Å²) in [5.41, 5.74) is 6.70. The molecule has 3 heterocycles. The number of aryl methyl sites for hydroxylation is 1. The van der Waals surface area contributed by atoms with Gasteiger partial charge in [-0.2, -0.15) is 13.2 Å². The number of likely N-dealkylation sites (tertiary alicyclic amines) is 1. The number of rotatable bonds is 9. The predicted molar refractivity (Wildman–Crippen MR) is 185 cm³/mol. The van der Waals surface area contributed by atoms with Crippen molar-refractivity contribution in [3.8, 4) is 16.9 Å². The number of anilines is 1. The number of allylic oxidation sites excluding steroid dienone is 1. The van der Waals surface area contributed by atoms with Crippen LogP contribution < -0.4 is 20.5 Å². The van der Waals surface area contributed by atoms with Crippen molar-refractivity contribution in [2.75, 3.05) is 51.4 Å². The Morgan fingerprint density at radius 3 is 2.51 bits per heavy atom. The average Bonchev–Trinajstić information content (AvgIpc) is 3.42. The molecule has 8 nitrogen and oxygen atoms in total. The zero-order valence-electron chi connectivity index (χ0n) is 28.6. The molecule has 0 bridgehead atoms. The third kappa shape index (κ3) is 7.28. The number of fused-ring (bicyclic) bond motifs is 2. The van der Waals surface area contributed by atoms with Crippen molar-refractivity contribution < 1.29 is 27.4 Å². The van der Waals surface area contributed by atoms with Crippen molar-refractivity contribution in [1.29, 1.82) is 0 Å². The number of amides is 1. The second-order valence-electron chi connectivity index (χ2n) is 13.5. The number of H-pyrrole nitrogens is 1. The van der Waals surface area contributed by atoms with E-state index in [0.717, 1.165) is 52.9 Å². The lowest BCUT2D eigenvalue weighted by Gasteiger charge is -2.39. The van der Waals surface area contributed by atoms with E-state index in [1.165, 1.54) is 12.0 Å². The highest BCUT2D eigenvalue weighted by atomic mass is 19.4. The molecule has 1 aromatic heterocycles. The lowest BCUT2D eigenvalue weighted by atomic mass is 9.74. The van der Waals surface area contributed by atoms with Crippen LogP contribution in [-0.4, -0.2) is 74.5 Å². The molecule has 1 aliphatic carbocycles. The van der Waals surface area contributed by atoms with E-state index in [1.807, 2.05) is 13.0 Å². The molecule has 0 unspecified atom stereocenters. The monoisotopic (exact) mass is 678 g/mol. The number of alkyl halides is 3. The number of methoxy groups -OCH3 is 1. The van der Waals surface area contributed by atoms with Gasteiger partial charge in [0.1, 0.15) is 5.75 Å². The topological polar surface area (TPSA) is 86.9 Å². The van der Waals surface area contributed by atoms with E-state index in [9.17, 15) is 22.8 Å². The zero-order chi connectivity index (χ0) is 34.9. The van der Waals surface area contributed by atoms with Gasteiger partial charge in [-0.1, -0.05) is 24.3 Å². The van der Waals surface area contributed by atoms with Crippen molar-refractivity contribution in [3.05, 3.63) is 86.3 Å². The Morgan fingerprint density at radius 1 is 1.10 bits per heavy atom. The van der Waals surface area contributed by atoms with Crippen molar-refractivity contribution >= 4 is 17.7 Å². The van der Waals surface area contributed by atoms with E-state index < -0.39 is 12.7 Å². The van der Waals surface area contributed by atoms with Gasteiger partial charge < -0.3 is 24.7 Å². The molecular formula is C38H45F3N4O4. The summed E-state index contributed by atoms with van der Waals surface area (Å²) in [6.45, 7) is 7.82. The summed E-state index contributed by atoms with van der Waals surface area (Å²) in [5, 5.41) is 2.97. The molecule has 0 saturated carbocycles. The fraction of sp³-hybridized carbons (Fsp3) is 0.474. The third-order valence-corrected chi connectivity index (χ3v) is 10.4. The van der Waals surface area contributed by atoms with Crippen LogP contribution in [-0.2, 0) is 16.7 Å². The lowest BCUT2D eigenvalue weighted by molar-refractivity contribution is -0.148. The molecular weight excluding hydrogens is 633 g/mol. The summed E-state index contributed by atoms with van der Waals surface area (Å²) >= 11 is 0. The van der Waals surface area contributed by atoms with Crippen LogP contribution in [0.25, 0.3) is 17.2 Å². The predicted octanol–water partition coefficient (Wildman–Crippen LogP) is 6.53. The summed E-state index contributed by atoms with van der Waals surface area (Å²) < 4.78 is 50.5. The van der Waals surface area contributed by atoms with Gasteiger partial charge >= 0.3 is 6.18 Å². The Kier molecular flexibility index (Phi) is 9.95. The van der Waals surface area contributed by atoms with Crippen molar-refractivity contribution in [3.63, 3.8) is 0 Å². The number of aromatic amines is 1. The second-order valence-corrected chi connectivity index (χ2v) is 13.5. The van der Waals surface area contributed by atoms with Gasteiger partial charge in [0.15, 0.2) is 0 Å². The van der Waals surface area contributed by atoms with Gasteiger partial charge in [0.25, 0.3) is 11.5 Å². The highest BCUT2D eigenvalue weighted by Crippen LogP contribution is 2.46. The van der Waals surface area contributed by atoms with Crippen LogP contribution in [0.2, 0.25) is 0 Å². The number of hydrogen-bond donors (Lipinski definition) is 2. The number of ether oxygens (including phenoxy) is 2. The Labute approximate surface area is 285 Å². The van der Waals surface area contributed by atoms with Crippen molar-refractivity contribution in [2.45, 2.75) is 70.6 Å². The number of nitrogens with one attached hydrogen (secondary N) is 2. The molecule has 2 saturated heterocycles. The molecule has 6 rings (SSSR count). The minimum atomic E-state index is -4.22. The molecule has 262 valence electrons. The number of hydrogen-bond acceptors (Lipinski definition) is 6. The number of piperidine rings is 1. The molecule has 1 amide bonds. The highest BCUT2D eigenvalue weighted by molar-refractivity contribution is 5.99. The molecule has 0 atom stereocenters. The van der Waals surface area contributed by atoms with Gasteiger partial charge in [-0.15, -0.1) is 0 Å². The van der Waals surface area contributed by atoms with Gasteiger partial charge in [-0.3, -0.25) is 14.5 Å². The summed E-state index contributed by atoms with van der Waals surface area (Å²) in [5.74, 6) is 0.108. The van der Waals surface area contributed by atoms with Gasteiger partial charge in [0.2, 0.25) is 0 Å². The Balaban J connectivity index is 1.36. The first-order chi connectivity index (χ1) is 23.4.